The number of H-pyrrole nitrogens is 1. The van der Waals surface area contributed by atoms with E-state index in [1.165, 1.54) is 6.42 Å². The van der Waals surface area contributed by atoms with Gasteiger partial charge >= 0.3 is 7.05 Å². The van der Waals surface area contributed by atoms with Crippen LogP contribution in [0.25, 0.3) is 11.0 Å². The zero-order valence-corrected chi connectivity index (χ0v) is 14.0. The van der Waals surface area contributed by atoms with Gasteiger partial charge in [-0.25, -0.2) is 4.98 Å². The van der Waals surface area contributed by atoms with Crippen molar-refractivity contribution in [2.75, 3.05) is 0 Å². The monoisotopic (exact) mass is 336 g/mol. The number of fused-ring (bicyclic) bond motifs is 5. The lowest BCUT2D eigenvalue weighted by Crippen LogP contribution is -2.53. The van der Waals surface area contributed by atoms with Crippen molar-refractivity contribution in [3.8, 4) is 0 Å². The van der Waals surface area contributed by atoms with Crippen LogP contribution in [-0.4, -0.2) is 38.5 Å². The third-order valence-electron chi connectivity index (χ3n) is 7.26. The molecule has 2 aromatic heterocycles. The van der Waals surface area contributed by atoms with Crippen molar-refractivity contribution in [3.05, 3.63) is 24.0 Å². The summed E-state index contributed by atoms with van der Waals surface area (Å²) in [6.45, 7) is 0. The summed E-state index contributed by atoms with van der Waals surface area (Å²) < 4.78 is 0. The molecule has 3 fully saturated rings. The summed E-state index contributed by atoms with van der Waals surface area (Å²) >= 11 is 0. The minimum absolute atomic E-state index is 0.0881. The van der Waals surface area contributed by atoms with E-state index >= 15 is 0 Å². The Morgan fingerprint density at radius 1 is 1.32 bits per heavy atom. The molecule has 25 heavy (non-hydrogen) atoms. The quantitative estimate of drug-likeness (QED) is 0.582. The molecule has 2 aromatic rings. The summed E-state index contributed by atoms with van der Waals surface area (Å²) in [4.78, 5) is 7.62. The molecular formula is C18H21BN4O2. The van der Waals surface area contributed by atoms with Crippen LogP contribution in [0.4, 0.5) is 0 Å². The van der Waals surface area contributed by atoms with Crippen LogP contribution in [0.15, 0.2) is 23.6 Å². The maximum absolute atomic E-state index is 11.1. The van der Waals surface area contributed by atoms with Gasteiger partial charge in [0.15, 0.2) is 0 Å². The number of nitrogens with zero attached hydrogens (tertiary/aromatic N) is 2. The van der Waals surface area contributed by atoms with Crippen LogP contribution in [0.2, 0.25) is 0 Å². The summed E-state index contributed by atoms with van der Waals surface area (Å²) in [5.41, 5.74) is 3.04. The third kappa shape index (κ3) is 1.73. The van der Waals surface area contributed by atoms with Crippen LogP contribution in [0.1, 0.15) is 44.1 Å². The topological polar surface area (TPSA) is 93.5 Å². The van der Waals surface area contributed by atoms with E-state index in [1.54, 1.807) is 6.20 Å². The second kappa shape index (κ2) is 4.45. The first-order valence-corrected chi connectivity index (χ1v) is 9.29. The molecule has 1 aliphatic heterocycles. The molecule has 4 atom stereocenters. The maximum Gasteiger partial charge on any atom is 0.465 e. The Bertz CT molecular complexity index is 927. The van der Waals surface area contributed by atoms with Crippen LogP contribution in [-0.2, 0) is 0 Å². The van der Waals surface area contributed by atoms with E-state index in [9.17, 15) is 10.1 Å². The Hall–Kier alpha value is -1.86. The minimum atomic E-state index is -0.831. The predicted octanol–water partition coefficient (Wildman–Crippen LogP) is 0.889. The number of rotatable bonds is 1. The molecule has 3 bridgehead atoms. The molecule has 3 heterocycles. The highest BCUT2D eigenvalue weighted by Crippen LogP contribution is 2.65. The van der Waals surface area contributed by atoms with E-state index in [0.717, 1.165) is 59.9 Å². The van der Waals surface area contributed by atoms with Gasteiger partial charge in [0.05, 0.1) is 11.3 Å². The second-order valence-corrected chi connectivity index (χ2v) is 8.62. The number of hydrazone groups is 1. The number of pyridine rings is 1. The van der Waals surface area contributed by atoms with E-state index < -0.39 is 12.7 Å². The van der Waals surface area contributed by atoms with Gasteiger partial charge in [-0.3, -0.25) is 0 Å². The Morgan fingerprint density at radius 2 is 2.24 bits per heavy atom. The van der Waals surface area contributed by atoms with Gasteiger partial charge in [-0.05, 0) is 56.4 Å². The van der Waals surface area contributed by atoms with Crippen molar-refractivity contribution < 1.29 is 10.1 Å². The first-order valence-electron chi connectivity index (χ1n) is 9.29. The Morgan fingerprint density at radius 3 is 3.16 bits per heavy atom. The highest BCUT2D eigenvalue weighted by molar-refractivity contribution is 6.66. The zero-order chi connectivity index (χ0) is 16.8. The molecule has 4 aliphatic rings. The first-order chi connectivity index (χ1) is 12.1. The largest absolute Gasteiger partial charge is 0.465 e. The molecule has 3 saturated carbocycles. The number of aliphatic hydroxyl groups is 1. The summed E-state index contributed by atoms with van der Waals surface area (Å²) in [7, 11) is -0.831. The van der Waals surface area contributed by atoms with Crippen molar-refractivity contribution in [3.63, 3.8) is 0 Å². The Labute approximate surface area is 145 Å². The molecule has 6 rings (SSSR count). The SMILES string of the molecule is OB1NN=C(C23CCC4CC2CC(O)(C4)C3)c2c1cnc1[nH]ccc21. The Kier molecular flexibility index (Phi) is 2.55. The van der Waals surface area contributed by atoms with Crippen LogP contribution >= 0.6 is 0 Å². The lowest BCUT2D eigenvalue weighted by Gasteiger charge is -2.44. The molecular weight excluding hydrogens is 315 g/mol. The fourth-order valence-corrected chi connectivity index (χ4v) is 6.42. The molecule has 4 N–H and O–H groups in total. The predicted molar refractivity (Wildman–Crippen MR) is 95.4 cm³/mol. The second-order valence-electron chi connectivity index (χ2n) is 8.62. The molecule has 0 saturated heterocycles. The number of nitrogens with one attached hydrogen (secondary N) is 2. The van der Waals surface area contributed by atoms with E-state index in [-0.39, 0.29) is 5.41 Å². The highest BCUT2D eigenvalue weighted by Gasteiger charge is 2.63. The van der Waals surface area contributed by atoms with E-state index in [0.29, 0.717) is 11.8 Å². The van der Waals surface area contributed by atoms with Gasteiger partial charge in [0.2, 0.25) is 0 Å². The highest BCUT2D eigenvalue weighted by atomic mass is 16.3. The van der Waals surface area contributed by atoms with Gasteiger partial charge in [-0.1, -0.05) is 0 Å². The molecule has 0 aromatic carbocycles. The van der Waals surface area contributed by atoms with Crippen LogP contribution < -0.4 is 10.8 Å². The summed E-state index contributed by atoms with van der Waals surface area (Å²) in [6.07, 6.45) is 9.70. The van der Waals surface area contributed by atoms with E-state index in [2.05, 4.69) is 20.4 Å². The number of hydrogen-bond acceptors (Lipinski definition) is 5. The lowest BCUT2D eigenvalue weighted by atomic mass is 9.59. The summed E-state index contributed by atoms with van der Waals surface area (Å²) in [5, 5.41) is 30.1. The average molecular weight is 336 g/mol. The fraction of sp³-hybridized carbons (Fsp3) is 0.556. The molecule has 6 nitrogen and oxygen atoms in total. The van der Waals surface area contributed by atoms with Crippen LogP contribution in [0.3, 0.4) is 0 Å². The maximum atomic E-state index is 11.1. The zero-order valence-electron chi connectivity index (χ0n) is 14.0. The van der Waals surface area contributed by atoms with Crippen molar-refractivity contribution in [1.82, 2.24) is 15.3 Å². The van der Waals surface area contributed by atoms with E-state index in [1.807, 2.05) is 12.3 Å². The van der Waals surface area contributed by atoms with Gasteiger partial charge in [0.1, 0.15) is 5.65 Å². The van der Waals surface area contributed by atoms with Crippen molar-refractivity contribution >= 4 is 29.3 Å². The van der Waals surface area contributed by atoms with Crippen molar-refractivity contribution in [2.24, 2.45) is 22.4 Å². The fourth-order valence-electron chi connectivity index (χ4n) is 6.42. The molecule has 0 radical (unpaired) electrons. The average Bonchev–Trinajstić information content (AvgIpc) is 3.11. The standard InChI is InChI=1S/C18H21BN4O2/c24-17-6-10-1-3-18(9-17,11(5-10)7-17)15-14-12-2-4-20-16(12)21-8-13(14)19(25)23-22-15/h2,4,8,10-11,23-25H,1,3,5-7,9H2,(H,20,21). The normalized spacial score (nSPS) is 38.6. The van der Waals surface area contributed by atoms with Gasteiger partial charge in [-0.2, -0.15) is 5.10 Å². The van der Waals surface area contributed by atoms with Crippen LogP contribution in [0.5, 0.6) is 0 Å². The molecule has 4 unspecified atom stereocenters. The molecule has 0 amide bonds. The summed E-state index contributed by atoms with van der Waals surface area (Å²) in [5.74, 6) is 1.14. The smallest absolute Gasteiger partial charge is 0.428 e. The summed E-state index contributed by atoms with van der Waals surface area (Å²) in [6, 6.07) is 2.02. The molecule has 3 aliphatic carbocycles. The van der Waals surface area contributed by atoms with Crippen molar-refractivity contribution in [1.29, 1.82) is 0 Å². The minimum Gasteiger partial charge on any atom is -0.428 e. The number of aromatic nitrogens is 2. The van der Waals surface area contributed by atoms with E-state index in [4.69, 9.17) is 0 Å². The van der Waals surface area contributed by atoms with Gasteiger partial charge < -0.3 is 20.5 Å². The number of aromatic amines is 1. The lowest BCUT2D eigenvalue weighted by molar-refractivity contribution is -0.00279. The van der Waals surface area contributed by atoms with Gasteiger partial charge in [-0.15, -0.1) is 0 Å². The molecule has 7 heteroatoms. The number of hydrogen-bond donors (Lipinski definition) is 4. The Balaban J connectivity index is 1.60. The third-order valence-corrected chi connectivity index (χ3v) is 7.26. The van der Waals surface area contributed by atoms with Crippen molar-refractivity contribution in [2.45, 2.75) is 44.1 Å². The first kappa shape index (κ1) is 14.3. The van der Waals surface area contributed by atoms with Crippen LogP contribution in [0, 0.1) is 17.3 Å². The molecule has 0 spiro atoms. The van der Waals surface area contributed by atoms with Gasteiger partial charge in [0.25, 0.3) is 0 Å². The van der Waals surface area contributed by atoms with Gasteiger partial charge in [0, 0.05) is 34.2 Å². The molecule has 128 valence electrons.